The van der Waals surface area contributed by atoms with Crippen molar-refractivity contribution in [3.05, 3.63) is 0 Å². The molecule has 77 valence electrons. The second-order valence-electron chi connectivity index (χ2n) is 3.40. The van der Waals surface area contributed by atoms with E-state index in [1.165, 1.54) is 6.92 Å². The second kappa shape index (κ2) is 6.86. The van der Waals surface area contributed by atoms with E-state index in [0.29, 0.717) is 12.5 Å². The Bertz CT molecular complexity index is 143. The highest BCUT2D eigenvalue weighted by Crippen LogP contribution is 2.03. The highest BCUT2D eigenvalue weighted by Gasteiger charge is 2.12. The van der Waals surface area contributed by atoms with E-state index < -0.39 is 12.1 Å². The third-order valence-electron chi connectivity index (χ3n) is 1.48. The van der Waals surface area contributed by atoms with Gasteiger partial charge in [0, 0.05) is 0 Å². The molecule has 0 saturated carbocycles. The summed E-state index contributed by atoms with van der Waals surface area (Å²) in [6.07, 6.45) is 0.480. The molecule has 4 nitrogen and oxygen atoms in total. The first-order valence-corrected chi connectivity index (χ1v) is 4.53. The molecule has 0 heterocycles. The minimum absolute atomic E-state index is 0.358. The maximum Gasteiger partial charge on any atom is 0.373 e. The molecule has 0 bridgehead atoms. The van der Waals surface area contributed by atoms with Gasteiger partial charge in [-0.3, -0.25) is 4.89 Å². The zero-order valence-corrected chi connectivity index (χ0v) is 8.41. The molecule has 0 spiro atoms. The third-order valence-corrected chi connectivity index (χ3v) is 1.48. The molecule has 0 aromatic rings. The number of rotatable bonds is 6. The van der Waals surface area contributed by atoms with E-state index in [9.17, 15) is 9.90 Å². The average Bonchev–Trinajstić information content (AvgIpc) is 2.02. The molecule has 13 heavy (non-hydrogen) atoms. The second-order valence-corrected chi connectivity index (χ2v) is 3.40. The Balaban J connectivity index is 3.21. The summed E-state index contributed by atoms with van der Waals surface area (Å²) in [5.41, 5.74) is 0. The van der Waals surface area contributed by atoms with Gasteiger partial charge in [-0.15, -0.1) is 0 Å². The lowest BCUT2D eigenvalue weighted by molar-refractivity contribution is -0.280. The molecule has 0 N–H and O–H groups in total. The predicted molar refractivity (Wildman–Crippen MR) is 46.3 cm³/mol. The SMILES string of the molecule is CC(C)CCCOOC(=O)C(C)[O]. The quantitative estimate of drug-likeness (QED) is 0.363. The van der Waals surface area contributed by atoms with E-state index in [4.69, 9.17) is 0 Å². The summed E-state index contributed by atoms with van der Waals surface area (Å²) in [6, 6.07) is 0. The van der Waals surface area contributed by atoms with E-state index in [-0.39, 0.29) is 0 Å². The molecule has 0 fully saturated rings. The zero-order chi connectivity index (χ0) is 10.3. The van der Waals surface area contributed by atoms with Gasteiger partial charge in [-0.2, -0.15) is 4.89 Å². The van der Waals surface area contributed by atoms with Crippen molar-refractivity contribution in [2.45, 2.75) is 39.7 Å². The van der Waals surface area contributed by atoms with Crippen LogP contribution in [0.3, 0.4) is 0 Å². The Kier molecular flexibility index (Phi) is 6.54. The van der Waals surface area contributed by atoms with Crippen LogP contribution in [0.25, 0.3) is 0 Å². The summed E-state index contributed by atoms with van der Waals surface area (Å²) in [5, 5.41) is 10.4. The average molecular weight is 189 g/mol. The summed E-state index contributed by atoms with van der Waals surface area (Å²) in [5.74, 6) is -0.248. The van der Waals surface area contributed by atoms with Crippen LogP contribution in [-0.2, 0) is 19.7 Å². The van der Waals surface area contributed by atoms with Gasteiger partial charge in [0.15, 0.2) is 6.10 Å². The van der Waals surface area contributed by atoms with Gasteiger partial charge in [-0.25, -0.2) is 9.90 Å². The number of hydrogen-bond acceptors (Lipinski definition) is 3. The maximum atomic E-state index is 10.6. The first-order chi connectivity index (χ1) is 6.04. The zero-order valence-electron chi connectivity index (χ0n) is 8.41. The van der Waals surface area contributed by atoms with E-state index >= 15 is 0 Å². The van der Waals surface area contributed by atoms with Gasteiger partial charge in [0.1, 0.15) is 0 Å². The summed E-state index contributed by atoms with van der Waals surface area (Å²) in [4.78, 5) is 19.4. The van der Waals surface area contributed by atoms with Gasteiger partial charge < -0.3 is 0 Å². The molecule has 1 unspecified atom stereocenters. The molecule has 1 atom stereocenters. The van der Waals surface area contributed by atoms with Crippen molar-refractivity contribution in [2.75, 3.05) is 6.61 Å². The molecule has 4 heteroatoms. The van der Waals surface area contributed by atoms with Gasteiger partial charge in [0.05, 0.1) is 6.61 Å². The molecule has 0 aromatic heterocycles. The number of carbonyl (C=O) groups excluding carboxylic acids is 1. The van der Waals surface area contributed by atoms with Gasteiger partial charge in [-0.05, 0) is 25.7 Å². The topological polar surface area (TPSA) is 55.4 Å². The highest BCUT2D eigenvalue weighted by molar-refractivity contribution is 5.72. The van der Waals surface area contributed by atoms with Crippen LogP contribution in [0.4, 0.5) is 0 Å². The fourth-order valence-electron chi connectivity index (χ4n) is 0.718. The largest absolute Gasteiger partial charge is 0.373 e. The van der Waals surface area contributed by atoms with Crippen molar-refractivity contribution in [3.8, 4) is 0 Å². The van der Waals surface area contributed by atoms with Gasteiger partial charge in [0.2, 0.25) is 0 Å². The summed E-state index contributed by atoms with van der Waals surface area (Å²) in [7, 11) is 0. The summed E-state index contributed by atoms with van der Waals surface area (Å²) in [6.45, 7) is 5.79. The molecule has 0 saturated heterocycles. The van der Waals surface area contributed by atoms with Crippen molar-refractivity contribution >= 4 is 5.97 Å². The Labute approximate surface area is 78.8 Å². The summed E-state index contributed by atoms with van der Waals surface area (Å²) >= 11 is 0. The van der Waals surface area contributed by atoms with Crippen LogP contribution in [0, 0.1) is 5.92 Å². The molecule has 0 aliphatic carbocycles. The van der Waals surface area contributed by atoms with Crippen molar-refractivity contribution < 1.29 is 19.7 Å². The first kappa shape index (κ1) is 12.4. The van der Waals surface area contributed by atoms with Gasteiger partial charge in [0.25, 0.3) is 0 Å². The molecule has 0 aromatic carbocycles. The molecular weight excluding hydrogens is 172 g/mol. The Hall–Kier alpha value is -0.610. The number of carbonyl (C=O) groups is 1. The monoisotopic (exact) mass is 189 g/mol. The third kappa shape index (κ3) is 7.74. The standard InChI is InChI=1S/C9H17O4/c1-7(2)5-4-6-12-13-9(11)8(3)10/h7-8H,4-6H2,1-3H3. The van der Waals surface area contributed by atoms with Crippen LogP contribution in [0.15, 0.2) is 0 Å². The van der Waals surface area contributed by atoms with Crippen LogP contribution in [0.1, 0.15) is 33.6 Å². The fraction of sp³-hybridized carbons (Fsp3) is 0.889. The van der Waals surface area contributed by atoms with Gasteiger partial charge in [-0.1, -0.05) is 13.8 Å². The fourth-order valence-corrected chi connectivity index (χ4v) is 0.718. The first-order valence-electron chi connectivity index (χ1n) is 4.53. The lowest BCUT2D eigenvalue weighted by Crippen LogP contribution is -2.18. The molecular formula is C9H17O4. The van der Waals surface area contributed by atoms with E-state index in [1.54, 1.807) is 0 Å². The Morgan fingerprint density at radius 3 is 2.38 bits per heavy atom. The minimum Gasteiger partial charge on any atom is -0.295 e. The van der Waals surface area contributed by atoms with Crippen LogP contribution in [0.2, 0.25) is 0 Å². The van der Waals surface area contributed by atoms with E-state index in [2.05, 4.69) is 23.6 Å². The highest BCUT2D eigenvalue weighted by atomic mass is 17.2. The van der Waals surface area contributed by atoms with Gasteiger partial charge >= 0.3 is 5.97 Å². The van der Waals surface area contributed by atoms with Crippen LogP contribution in [-0.4, -0.2) is 18.7 Å². The molecule has 0 aliphatic heterocycles. The molecule has 0 rings (SSSR count). The lowest BCUT2D eigenvalue weighted by Gasteiger charge is -2.05. The van der Waals surface area contributed by atoms with Crippen molar-refractivity contribution in [1.29, 1.82) is 0 Å². The maximum absolute atomic E-state index is 10.6. The summed E-state index contributed by atoms with van der Waals surface area (Å²) < 4.78 is 0. The molecule has 1 radical (unpaired) electrons. The van der Waals surface area contributed by atoms with Crippen molar-refractivity contribution in [2.24, 2.45) is 5.92 Å². The van der Waals surface area contributed by atoms with E-state index in [1.807, 2.05) is 0 Å². The van der Waals surface area contributed by atoms with Crippen LogP contribution in [0.5, 0.6) is 0 Å². The van der Waals surface area contributed by atoms with Crippen LogP contribution < -0.4 is 0 Å². The van der Waals surface area contributed by atoms with Crippen molar-refractivity contribution in [1.82, 2.24) is 0 Å². The Morgan fingerprint density at radius 2 is 1.92 bits per heavy atom. The number of hydrogen-bond donors (Lipinski definition) is 0. The molecule has 0 amide bonds. The molecule has 0 aliphatic rings. The smallest absolute Gasteiger partial charge is 0.295 e. The predicted octanol–water partition coefficient (Wildman–Crippen LogP) is 1.72. The normalized spacial score (nSPS) is 13.0. The minimum atomic E-state index is -1.37. The van der Waals surface area contributed by atoms with Crippen molar-refractivity contribution in [3.63, 3.8) is 0 Å². The Morgan fingerprint density at radius 1 is 1.31 bits per heavy atom. The van der Waals surface area contributed by atoms with Crippen LogP contribution >= 0.6 is 0 Å². The lowest BCUT2D eigenvalue weighted by atomic mass is 10.1. The van der Waals surface area contributed by atoms with E-state index in [0.717, 1.165) is 12.8 Å².